The first-order chi connectivity index (χ1) is 19.7. The molecule has 2 heterocycles. The fourth-order valence-electron chi connectivity index (χ4n) is 4.79. The third kappa shape index (κ3) is 6.50. The lowest BCUT2D eigenvalue weighted by Crippen LogP contribution is -2.42. The Bertz CT molecular complexity index is 1660. The molecule has 0 saturated carbocycles. The molecule has 10 nitrogen and oxygen atoms in total. The van der Waals surface area contributed by atoms with Crippen LogP contribution in [0.3, 0.4) is 0 Å². The van der Waals surface area contributed by atoms with Gasteiger partial charge >= 0.3 is 6.09 Å². The van der Waals surface area contributed by atoms with Crippen molar-refractivity contribution in [3.05, 3.63) is 59.0 Å². The lowest BCUT2D eigenvalue weighted by molar-refractivity contribution is 0.0873. The number of methoxy groups -OCH3 is 1. The van der Waals surface area contributed by atoms with Gasteiger partial charge in [0, 0.05) is 43.2 Å². The van der Waals surface area contributed by atoms with Gasteiger partial charge in [0.1, 0.15) is 29.1 Å². The highest BCUT2D eigenvalue weighted by Gasteiger charge is 2.36. The summed E-state index contributed by atoms with van der Waals surface area (Å²) in [4.78, 5) is 17.1. The number of nitrogens with zero attached hydrogens (tertiary/aromatic N) is 4. The maximum Gasteiger partial charge on any atom is 0.416 e. The van der Waals surface area contributed by atoms with Crippen molar-refractivity contribution in [2.24, 2.45) is 0 Å². The van der Waals surface area contributed by atoms with Gasteiger partial charge in [-0.3, -0.25) is 4.57 Å². The second-order valence-corrected chi connectivity index (χ2v) is 20.2. The molecule has 4 rings (SSSR count). The molecule has 0 aliphatic rings. The van der Waals surface area contributed by atoms with Crippen LogP contribution in [0.25, 0.3) is 21.9 Å². The van der Waals surface area contributed by atoms with Gasteiger partial charge in [-0.25, -0.2) is 9.78 Å². The summed E-state index contributed by atoms with van der Waals surface area (Å²) in [6.45, 7) is 15.1. The molecule has 0 saturated heterocycles. The zero-order chi connectivity index (χ0) is 31.0. The second kappa shape index (κ2) is 12.1. The normalized spacial score (nSPS) is 13.8. The van der Waals surface area contributed by atoms with Crippen LogP contribution in [0.2, 0.25) is 25.7 Å². The van der Waals surface area contributed by atoms with E-state index in [1.165, 1.54) is 10.8 Å². The summed E-state index contributed by atoms with van der Waals surface area (Å²) >= 11 is -1.55. The van der Waals surface area contributed by atoms with Crippen molar-refractivity contribution < 1.29 is 23.9 Å². The first kappa shape index (κ1) is 31.6. The van der Waals surface area contributed by atoms with Crippen LogP contribution in [0.5, 0.6) is 5.75 Å². The minimum absolute atomic E-state index is 0.190. The standard InChI is InChI=1S/C30H39N5O5SSi/c1-19-15-24(39-5)25(21-11-12-34(27(19)21)29(36)37)26(33-41(38)30(2,3)4)28-32-22-16-20(17-31)9-10-23(22)35(28)18-40-13-14-42(6,7)8/h9-12,15-16,26,33H,13-14,18H2,1-8H3,(H,36,37). The number of aromatic nitrogens is 3. The molecule has 0 aliphatic heterocycles. The van der Waals surface area contributed by atoms with Crippen LogP contribution in [0.4, 0.5) is 4.79 Å². The number of imidazole rings is 1. The molecule has 42 heavy (non-hydrogen) atoms. The van der Waals surface area contributed by atoms with E-state index >= 15 is 0 Å². The summed E-state index contributed by atoms with van der Waals surface area (Å²) in [6, 6.07) is 11.2. The quantitative estimate of drug-likeness (QED) is 0.124. The zero-order valence-corrected chi connectivity index (χ0v) is 27.3. The van der Waals surface area contributed by atoms with Gasteiger partial charge in [-0.15, -0.1) is 4.72 Å². The molecule has 2 aromatic carbocycles. The number of fused-ring (bicyclic) bond motifs is 2. The number of benzene rings is 2. The van der Waals surface area contributed by atoms with Crippen LogP contribution >= 0.6 is 0 Å². The highest BCUT2D eigenvalue weighted by Crippen LogP contribution is 2.40. The number of nitriles is 1. The molecule has 2 N–H and O–H groups in total. The summed E-state index contributed by atoms with van der Waals surface area (Å²) in [5, 5.41) is 20.1. The first-order valence-corrected chi connectivity index (χ1v) is 18.6. The summed E-state index contributed by atoms with van der Waals surface area (Å²) in [7, 11) is 0.216. The van der Waals surface area contributed by atoms with Gasteiger partial charge in [0.2, 0.25) is 0 Å². The predicted molar refractivity (Wildman–Crippen MR) is 168 cm³/mol. The monoisotopic (exact) mass is 609 g/mol. The minimum atomic E-state index is -1.55. The van der Waals surface area contributed by atoms with E-state index in [1.54, 1.807) is 31.4 Å². The molecular weight excluding hydrogens is 571 g/mol. The second-order valence-electron chi connectivity index (χ2n) is 12.5. The lowest BCUT2D eigenvalue weighted by Gasteiger charge is -2.29. The van der Waals surface area contributed by atoms with E-state index in [0.29, 0.717) is 45.7 Å². The summed E-state index contributed by atoms with van der Waals surface area (Å²) in [5.41, 5.74) is 3.65. The summed E-state index contributed by atoms with van der Waals surface area (Å²) < 4.78 is 31.5. The van der Waals surface area contributed by atoms with Crippen LogP contribution < -0.4 is 9.46 Å². The zero-order valence-electron chi connectivity index (χ0n) is 25.4. The van der Waals surface area contributed by atoms with Gasteiger partial charge in [0.25, 0.3) is 0 Å². The molecule has 0 radical (unpaired) electrons. The Labute approximate surface area is 250 Å². The maximum absolute atomic E-state index is 13.7. The predicted octanol–water partition coefficient (Wildman–Crippen LogP) is 6.16. The number of rotatable bonds is 10. The molecule has 2 atom stereocenters. The van der Waals surface area contributed by atoms with Gasteiger partial charge in [-0.05, 0) is 69.6 Å². The molecule has 4 aromatic rings. The van der Waals surface area contributed by atoms with Crippen LogP contribution in [0, 0.1) is 18.3 Å². The number of carbonyl (C=O) groups is 1. The Morgan fingerprint density at radius 1 is 1.26 bits per heavy atom. The van der Waals surface area contributed by atoms with Crippen LogP contribution in [-0.2, 0) is 22.8 Å². The van der Waals surface area contributed by atoms with Gasteiger partial charge < -0.3 is 23.7 Å². The largest absolute Gasteiger partial charge is 0.598 e. The van der Waals surface area contributed by atoms with E-state index < -0.39 is 36.3 Å². The van der Waals surface area contributed by atoms with Crippen molar-refractivity contribution in [2.75, 3.05) is 13.7 Å². The Morgan fingerprint density at radius 2 is 1.98 bits per heavy atom. The van der Waals surface area contributed by atoms with Gasteiger partial charge in [-0.1, -0.05) is 19.6 Å². The van der Waals surface area contributed by atoms with Crippen molar-refractivity contribution in [1.29, 1.82) is 5.26 Å². The summed E-state index contributed by atoms with van der Waals surface area (Å²) in [6.07, 6.45) is 0.390. The van der Waals surface area contributed by atoms with E-state index in [-0.39, 0.29) is 6.73 Å². The van der Waals surface area contributed by atoms with Crippen LogP contribution in [0.15, 0.2) is 36.5 Å². The van der Waals surface area contributed by atoms with E-state index in [9.17, 15) is 19.7 Å². The third-order valence-electron chi connectivity index (χ3n) is 7.04. The molecule has 2 aromatic heterocycles. The van der Waals surface area contributed by atoms with E-state index in [0.717, 1.165) is 17.1 Å². The number of hydrogen-bond donors (Lipinski definition) is 2. The highest BCUT2D eigenvalue weighted by atomic mass is 32.2. The topological polar surface area (TPSA) is 137 Å². The van der Waals surface area contributed by atoms with Gasteiger partial charge in [0.15, 0.2) is 0 Å². The minimum Gasteiger partial charge on any atom is -0.598 e. The number of carboxylic acid groups (broad SMARTS) is 1. The molecule has 0 spiro atoms. The molecule has 2 unspecified atom stereocenters. The van der Waals surface area contributed by atoms with Crippen LogP contribution in [0.1, 0.15) is 49.3 Å². The Kier molecular flexibility index (Phi) is 9.10. The molecule has 0 aliphatic carbocycles. The molecular formula is C30H39N5O5SSi. The lowest BCUT2D eigenvalue weighted by atomic mass is 9.98. The van der Waals surface area contributed by atoms with Gasteiger partial charge in [0.05, 0.1) is 35.3 Å². The van der Waals surface area contributed by atoms with Crippen molar-refractivity contribution in [3.63, 3.8) is 0 Å². The Hall–Kier alpha value is -3.34. The molecule has 12 heteroatoms. The fourth-order valence-corrected chi connectivity index (χ4v) is 6.33. The number of hydrogen-bond acceptors (Lipinski definition) is 7. The smallest absolute Gasteiger partial charge is 0.416 e. The maximum atomic E-state index is 13.7. The van der Waals surface area contributed by atoms with E-state index in [4.69, 9.17) is 14.5 Å². The number of ether oxygens (including phenoxy) is 2. The Morgan fingerprint density at radius 3 is 2.57 bits per heavy atom. The Balaban J connectivity index is 2.00. The molecule has 0 amide bonds. The van der Waals surface area contributed by atoms with Crippen LogP contribution in [-0.4, -0.2) is 56.4 Å². The number of nitrogens with one attached hydrogen (secondary N) is 1. The fraction of sp³-hybridized carbons (Fsp3) is 0.433. The molecule has 0 fully saturated rings. The average molecular weight is 610 g/mol. The SMILES string of the molecule is COc1cc(C)c2c(ccn2C(=O)O)c1C(N[S+]([O-])C(C)(C)C)c1nc2cc(C#N)ccc2n1COCC[Si](C)(C)C. The highest BCUT2D eigenvalue weighted by molar-refractivity contribution is 7.90. The summed E-state index contributed by atoms with van der Waals surface area (Å²) in [5.74, 6) is 1.01. The molecule has 0 bridgehead atoms. The van der Waals surface area contributed by atoms with Crippen molar-refractivity contribution in [1.82, 2.24) is 18.8 Å². The van der Waals surface area contributed by atoms with E-state index in [1.807, 2.05) is 38.3 Å². The van der Waals surface area contributed by atoms with E-state index in [2.05, 4.69) is 30.4 Å². The van der Waals surface area contributed by atoms with Crippen molar-refractivity contribution >= 4 is 47.5 Å². The number of aryl methyl sites for hydroxylation is 1. The first-order valence-electron chi connectivity index (χ1n) is 13.7. The van der Waals surface area contributed by atoms with Gasteiger partial charge in [-0.2, -0.15) is 5.26 Å². The average Bonchev–Trinajstić information content (AvgIpc) is 3.51. The molecule has 224 valence electrons. The third-order valence-corrected chi connectivity index (χ3v) is 10.3. The van der Waals surface area contributed by atoms with Crippen molar-refractivity contribution in [2.45, 2.75) is 70.9 Å². The van der Waals surface area contributed by atoms with Crippen molar-refractivity contribution in [3.8, 4) is 11.8 Å².